The number of piperazine rings is 1. The molecule has 1 amide bonds. The van der Waals surface area contributed by atoms with E-state index in [0.29, 0.717) is 10.8 Å². The number of carbonyl (C=O) groups excluding carboxylic acids is 1. The highest BCUT2D eigenvalue weighted by atomic mass is 32.2. The molecule has 0 radical (unpaired) electrons. The van der Waals surface area contributed by atoms with Gasteiger partial charge >= 0.3 is 0 Å². The number of amides is 1. The number of thioether (sulfide) groups is 1. The number of sulfonamides is 1. The Balaban J connectivity index is 1.55. The van der Waals surface area contributed by atoms with E-state index in [9.17, 15) is 26.4 Å². The van der Waals surface area contributed by atoms with Crippen LogP contribution in [0.5, 0.6) is 0 Å². The van der Waals surface area contributed by atoms with Crippen LogP contribution in [-0.2, 0) is 10.0 Å². The van der Waals surface area contributed by atoms with Gasteiger partial charge in [0.05, 0.1) is 6.20 Å². The zero-order valence-electron chi connectivity index (χ0n) is 17.4. The van der Waals surface area contributed by atoms with Crippen LogP contribution in [0.3, 0.4) is 0 Å². The summed E-state index contributed by atoms with van der Waals surface area (Å²) in [6.45, 7) is -0.196. The van der Waals surface area contributed by atoms with Crippen molar-refractivity contribution < 1.29 is 26.4 Å². The molecule has 0 saturated carbocycles. The molecule has 0 aliphatic carbocycles. The molecule has 7 nitrogen and oxygen atoms in total. The van der Waals surface area contributed by atoms with Crippen LogP contribution >= 0.6 is 11.8 Å². The van der Waals surface area contributed by atoms with Crippen LogP contribution in [0.4, 0.5) is 13.2 Å². The predicted molar refractivity (Wildman–Crippen MR) is 116 cm³/mol. The zero-order valence-corrected chi connectivity index (χ0v) is 19.0. The lowest BCUT2D eigenvalue weighted by atomic mass is 10.2. The minimum absolute atomic E-state index is 0.0251. The highest BCUT2D eigenvalue weighted by molar-refractivity contribution is 7.98. The maximum Gasteiger partial charge on any atom is 0.272 e. The molecule has 1 aliphatic rings. The Hall–Kier alpha value is -2.83. The topological polar surface area (TPSA) is 75.5 Å². The Morgan fingerprint density at radius 1 is 0.970 bits per heavy atom. The summed E-state index contributed by atoms with van der Waals surface area (Å²) < 4.78 is 69.6. The number of hydrogen-bond acceptors (Lipinski definition) is 5. The van der Waals surface area contributed by atoms with Crippen LogP contribution in [0.25, 0.3) is 5.69 Å². The Morgan fingerprint density at radius 3 is 2.15 bits per heavy atom. The molecule has 0 atom stereocenters. The maximum atomic E-state index is 14.0. The molecular formula is C21H19F3N4O3S2. The third kappa shape index (κ3) is 4.37. The summed E-state index contributed by atoms with van der Waals surface area (Å²) in [4.78, 5) is 17.9. The van der Waals surface area contributed by atoms with Crippen LogP contribution in [0.15, 0.2) is 58.7 Å². The molecule has 0 bridgehead atoms. The van der Waals surface area contributed by atoms with Crippen molar-refractivity contribution in [3.05, 3.63) is 71.8 Å². The van der Waals surface area contributed by atoms with Gasteiger partial charge in [0.2, 0.25) is 10.0 Å². The molecule has 1 saturated heterocycles. The van der Waals surface area contributed by atoms with Crippen molar-refractivity contribution in [2.24, 2.45) is 0 Å². The number of carbonyl (C=O) groups is 1. The third-order valence-corrected chi connectivity index (χ3v) is 7.86. The van der Waals surface area contributed by atoms with Gasteiger partial charge in [0.25, 0.3) is 5.91 Å². The van der Waals surface area contributed by atoms with Gasteiger partial charge in [0, 0.05) is 31.9 Å². The van der Waals surface area contributed by atoms with Crippen LogP contribution in [-0.4, -0.2) is 65.5 Å². The van der Waals surface area contributed by atoms with Gasteiger partial charge in [0.15, 0.2) is 10.1 Å². The highest BCUT2D eigenvalue weighted by Crippen LogP contribution is 2.26. The minimum Gasteiger partial charge on any atom is -0.335 e. The summed E-state index contributed by atoms with van der Waals surface area (Å²) in [5.41, 5.74) is 0.792. The Bertz CT molecular complexity index is 1270. The average Bonchev–Trinajstić information content (AvgIpc) is 3.23. The van der Waals surface area contributed by atoms with Crippen LogP contribution < -0.4 is 0 Å². The summed E-state index contributed by atoms with van der Waals surface area (Å²) >= 11 is 1.31. The number of hydrogen-bond donors (Lipinski definition) is 0. The molecular weight excluding hydrogens is 477 g/mol. The number of nitrogens with zero attached hydrogens (tertiary/aromatic N) is 4. The van der Waals surface area contributed by atoms with Gasteiger partial charge in [-0.3, -0.25) is 9.36 Å². The molecule has 2 aromatic carbocycles. The second-order valence-corrected chi connectivity index (χ2v) is 9.84. The normalized spacial score (nSPS) is 15.1. The molecule has 0 N–H and O–H groups in total. The van der Waals surface area contributed by atoms with Crippen molar-refractivity contribution in [1.82, 2.24) is 18.8 Å². The van der Waals surface area contributed by atoms with Crippen LogP contribution in [0.1, 0.15) is 10.5 Å². The molecule has 1 fully saturated rings. The monoisotopic (exact) mass is 496 g/mol. The first-order chi connectivity index (χ1) is 15.7. The van der Waals surface area contributed by atoms with E-state index in [1.807, 2.05) is 0 Å². The molecule has 174 valence electrons. The van der Waals surface area contributed by atoms with Crippen LogP contribution in [0, 0.1) is 17.5 Å². The van der Waals surface area contributed by atoms with E-state index in [4.69, 9.17) is 0 Å². The minimum atomic E-state index is -4.40. The fraction of sp³-hybridized carbons (Fsp3) is 0.238. The van der Waals surface area contributed by atoms with Crippen LogP contribution in [0.2, 0.25) is 0 Å². The van der Waals surface area contributed by atoms with Gasteiger partial charge in [0.1, 0.15) is 23.1 Å². The first-order valence-corrected chi connectivity index (χ1v) is 12.5. The lowest BCUT2D eigenvalue weighted by molar-refractivity contribution is 0.0688. The quantitative estimate of drug-likeness (QED) is 0.508. The molecule has 4 rings (SSSR count). The third-order valence-electron chi connectivity index (χ3n) is 5.26. The Morgan fingerprint density at radius 2 is 1.58 bits per heavy atom. The lowest BCUT2D eigenvalue weighted by Crippen LogP contribution is -2.51. The smallest absolute Gasteiger partial charge is 0.272 e. The summed E-state index contributed by atoms with van der Waals surface area (Å²) in [5, 5.41) is 0.529. The number of imidazole rings is 1. The average molecular weight is 497 g/mol. The van der Waals surface area contributed by atoms with Crippen molar-refractivity contribution >= 4 is 27.7 Å². The van der Waals surface area contributed by atoms with Crippen molar-refractivity contribution in [2.75, 3.05) is 32.4 Å². The van der Waals surface area contributed by atoms with E-state index in [0.717, 1.165) is 22.5 Å². The molecule has 12 heteroatoms. The largest absolute Gasteiger partial charge is 0.335 e. The predicted octanol–water partition coefficient (Wildman–Crippen LogP) is 3.16. The van der Waals surface area contributed by atoms with Gasteiger partial charge in [-0.05, 0) is 42.7 Å². The maximum absolute atomic E-state index is 14.0. The van der Waals surface area contributed by atoms with E-state index in [-0.39, 0.29) is 37.8 Å². The summed E-state index contributed by atoms with van der Waals surface area (Å²) in [7, 11) is -4.40. The summed E-state index contributed by atoms with van der Waals surface area (Å²) in [6, 6.07) is 8.47. The van der Waals surface area contributed by atoms with E-state index < -0.39 is 32.4 Å². The number of rotatable bonds is 5. The van der Waals surface area contributed by atoms with Gasteiger partial charge < -0.3 is 4.90 Å². The first-order valence-electron chi connectivity index (χ1n) is 9.85. The SMILES string of the molecule is CSc1ncc(C(=O)N2CCN(S(=O)(=O)c3c(F)cccc3F)CC2)n1-c1ccc(F)cc1. The second-order valence-electron chi connectivity index (χ2n) is 7.19. The van der Waals surface area contributed by atoms with Crippen molar-refractivity contribution in [3.8, 4) is 5.69 Å². The first kappa shape index (κ1) is 23.3. The molecule has 33 heavy (non-hydrogen) atoms. The number of benzene rings is 2. The van der Waals surface area contributed by atoms with E-state index >= 15 is 0 Å². The molecule has 2 heterocycles. The van der Waals surface area contributed by atoms with Crippen molar-refractivity contribution in [1.29, 1.82) is 0 Å². The summed E-state index contributed by atoms with van der Waals surface area (Å²) in [5.74, 6) is -3.13. The fourth-order valence-corrected chi connectivity index (χ4v) is 5.70. The molecule has 1 aromatic heterocycles. The second kappa shape index (κ2) is 9.20. The van der Waals surface area contributed by atoms with Crippen molar-refractivity contribution in [2.45, 2.75) is 10.1 Å². The van der Waals surface area contributed by atoms with Crippen molar-refractivity contribution in [3.63, 3.8) is 0 Å². The Labute approximate surface area is 192 Å². The zero-order chi connectivity index (χ0) is 23.8. The molecule has 0 spiro atoms. The lowest BCUT2D eigenvalue weighted by Gasteiger charge is -2.34. The van der Waals surface area contributed by atoms with E-state index in [1.165, 1.54) is 47.1 Å². The number of halogens is 3. The highest BCUT2D eigenvalue weighted by Gasteiger charge is 2.35. The molecule has 1 aliphatic heterocycles. The van der Waals surface area contributed by atoms with Gasteiger partial charge in [-0.25, -0.2) is 26.6 Å². The van der Waals surface area contributed by atoms with E-state index in [1.54, 1.807) is 10.8 Å². The van der Waals surface area contributed by atoms with E-state index in [2.05, 4.69) is 4.98 Å². The Kier molecular flexibility index (Phi) is 6.50. The summed E-state index contributed by atoms with van der Waals surface area (Å²) in [6.07, 6.45) is 3.21. The fourth-order valence-electron chi connectivity index (χ4n) is 3.62. The number of aromatic nitrogens is 2. The molecule has 3 aromatic rings. The molecule has 0 unspecified atom stereocenters. The standard InChI is InChI=1S/C21H19F3N4O3S2/c1-32-21-25-13-18(28(21)15-7-5-14(22)6-8-15)20(29)26-9-11-27(12-10-26)33(30,31)19-16(23)3-2-4-17(19)24/h2-8,13H,9-12H2,1H3. The van der Waals surface area contributed by atoms with Gasteiger partial charge in [-0.15, -0.1) is 0 Å². The van der Waals surface area contributed by atoms with Gasteiger partial charge in [-0.2, -0.15) is 4.31 Å². The van der Waals surface area contributed by atoms with Gasteiger partial charge in [-0.1, -0.05) is 17.8 Å².